The molecule has 2 saturated carbocycles. The van der Waals surface area contributed by atoms with Crippen LogP contribution >= 0.6 is 0 Å². The minimum atomic E-state index is -4.44. The van der Waals surface area contributed by atoms with Crippen LogP contribution in [-0.4, -0.2) is 34.8 Å². The number of halogens is 3. The third-order valence-corrected chi connectivity index (χ3v) is 5.12. The Morgan fingerprint density at radius 3 is 2.65 bits per heavy atom. The first kappa shape index (κ1) is 18.7. The molecule has 26 heavy (non-hydrogen) atoms. The van der Waals surface area contributed by atoms with Crippen LogP contribution in [0, 0.1) is 12.3 Å². The van der Waals surface area contributed by atoms with Gasteiger partial charge in [0.15, 0.2) is 6.61 Å². The van der Waals surface area contributed by atoms with Crippen LogP contribution in [0.5, 0.6) is 5.88 Å². The lowest BCUT2D eigenvalue weighted by Gasteiger charge is -2.54. The van der Waals surface area contributed by atoms with Gasteiger partial charge in [0, 0.05) is 12.1 Å². The van der Waals surface area contributed by atoms with Crippen LogP contribution in [0.2, 0.25) is 0 Å². The Labute approximate surface area is 149 Å². The van der Waals surface area contributed by atoms with Crippen molar-refractivity contribution in [2.24, 2.45) is 5.41 Å². The number of nitrogens with zero attached hydrogens (tertiary/aromatic N) is 2. The number of carbonyl (C=O) groups excluding carboxylic acids is 1. The van der Waals surface area contributed by atoms with Crippen LogP contribution in [0.1, 0.15) is 56.6 Å². The summed E-state index contributed by atoms with van der Waals surface area (Å²) in [6, 6.07) is 0.727. The molecule has 144 valence electrons. The number of urea groups is 1. The second kappa shape index (κ2) is 6.92. The Morgan fingerprint density at radius 1 is 1.38 bits per heavy atom. The fraction of sp³-hybridized carbons (Fsp3) is 0.706. The summed E-state index contributed by atoms with van der Waals surface area (Å²) in [4.78, 5) is 20.1. The molecule has 2 aliphatic rings. The average Bonchev–Trinajstić information content (AvgIpc) is 2.45. The molecule has 0 radical (unpaired) electrons. The van der Waals surface area contributed by atoms with Crippen LogP contribution in [-0.2, 0) is 0 Å². The van der Waals surface area contributed by atoms with Gasteiger partial charge in [0.05, 0.1) is 11.7 Å². The molecular formula is C17H23F3N4O2. The van der Waals surface area contributed by atoms with Crippen LogP contribution in [0.4, 0.5) is 18.0 Å². The Morgan fingerprint density at radius 2 is 2.08 bits per heavy atom. The summed E-state index contributed by atoms with van der Waals surface area (Å²) in [6.07, 6.45) is 1.40. The molecule has 1 atom stereocenters. The van der Waals surface area contributed by atoms with E-state index in [1.54, 1.807) is 13.8 Å². The van der Waals surface area contributed by atoms with Gasteiger partial charge in [0.1, 0.15) is 5.82 Å². The van der Waals surface area contributed by atoms with Crippen molar-refractivity contribution in [2.75, 3.05) is 6.61 Å². The van der Waals surface area contributed by atoms with Crippen molar-refractivity contribution in [3.05, 3.63) is 17.6 Å². The topological polar surface area (TPSA) is 76.1 Å². The lowest BCUT2D eigenvalue weighted by Crippen LogP contribution is -2.55. The van der Waals surface area contributed by atoms with Gasteiger partial charge in [0.2, 0.25) is 5.88 Å². The molecule has 0 unspecified atom stereocenters. The molecule has 2 N–H and O–H groups in total. The van der Waals surface area contributed by atoms with Gasteiger partial charge in [-0.1, -0.05) is 6.42 Å². The highest BCUT2D eigenvalue weighted by molar-refractivity contribution is 5.74. The number of aryl methyl sites for hydroxylation is 1. The summed E-state index contributed by atoms with van der Waals surface area (Å²) < 4.78 is 41.5. The van der Waals surface area contributed by atoms with E-state index in [-0.39, 0.29) is 23.8 Å². The monoisotopic (exact) mass is 372 g/mol. The largest absolute Gasteiger partial charge is 0.468 e. The zero-order chi connectivity index (χ0) is 18.9. The maximum absolute atomic E-state index is 12.3. The molecule has 0 aromatic carbocycles. The van der Waals surface area contributed by atoms with E-state index in [0.29, 0.717) is 11.1 Å². The van der Waals surface area contributed by atoms with Gasteiger partial charge < -0.3 is 15.4 Å². The van der Waals surface area contributed by atoms with Crippen molar-refractivity contribution in [3.63, 3.8) is 0 Å². The highest BCUT2D eigenvalue weighted by atomic mass is 19.4. The molecule has 0 saturated heterocycles. The van der Waals surface area contributed by atoms with Crippen molar-refractivity contribution in [3.8, 4) is 5.88 Å². The van der Waals surface area contributed by atoms with Crippen LogP contribution in [0.3, 0.4) is 0 Å². The maximum Gasteiger partial charge on any atom is 0.422 e. The fourth-order valence-electron chi connectivity index (χ4n) is 3.68. The summed E-state index contributed by atoms with van der Waals surface area (Å²) >= 11 is 0. The van der Waals surface area contributed by atoms with E-state index in [1.165, 1.54) is 25.3 Å². The molecule has 1 spiro atoms. The number of hydrogen-bond donors (Lipinski definition) is 2. The van der Waals surface area contributed by atoms with E-state index in [1.807, 2.05) is 0 Å². The first-order valence-corrected chi connectivity index (χ1v) is 8.76. The predicted octanol–water partition coefficient (Wildman–Crippen LogP) is 3.42. The number of ether oxygens (including phenoxy) is 1. The Hall–Kier alpha value is -2.06. The van der Waals surface area contributed by atoms with Gasteiger partial charge in [-0.25, -0.2) is 9.78 Å². The molecule has 9 heteroatoms. The lowest BCUT2D eigenvalue weighted by atomic mass is 9.54. The number of amides is 2. The van der Waals surface area contributed by atoms with E-state index >= 15 is 0 Å². The third kappa shape index (κ3) is 4.56. The van der Waals surface area contributed by atoms with Crippen molar-refractivity contribution in [1.29, 1.82) is 0 Å². The van der Waals surface area contributed by atoms with E-state index in [2.05, 4.69) is 25.3 Å². The van der Waals surface area contributed by atoms with Gasteiger partial charge in [0.25, 0.3) is 0 Å². The molecule has 2 aliphatic carbocycles. The van der Waals surface area contributed by atoms with Crippen molar-refractivity contribution in [2.45, 2.75) is 64.2 Å². The highest BCUT2D eigenvalue weighted by Crippen LogP contribution is 2.55. The average molecular weight is 372 g/mol. The maximum atomic E-state index is 12.3. The molecule has 3 rings (SSSR count). The number of hydrogen-bond acceptors (Lipinski definition) is 4. The van der Waals surface area contributed by atoms with Crippen molar-refractivity contribution in [1.82, 2.24) is 20.6 Å². The van der Waals surface area contributed by atoms with Gasteiger partial charge in [-0.2, -0.15) is 18.2 Å². The summed E-state index contributed by atoms with van der Waals surface area (Å²) in [5, 5.41) is 5.71. The normalized spacial score (nSPS) is 20.0. The number of alkyl halides is 3. The summed E-state index contributed by atoms with van der Waals surface area (Å²) in [7, 11) is 0. The number of carbonyl (C=O) groups is 1. The summed E-state index contributed by atoms with van der Waals surface area (Å²) in [5.74, 6) is 0.115. The smallest absolute Gasteiger partial charge is 0.422 e. The second-order valence-electron chi connectivity index (χ2n) is 7.38. The van der Waals surface area contributed by atoms with Crippen LogP contribution in [0.15, 0.2) is 6.07 Å². The number of aromatic nitrogens is 2. The Bertz CT molecular complexity index is 668. The molecule has 2 amide bonds. The number of rotatable bonds is 5. The summed E-state index contributed by atoms with van der Waals surface area (Å²) in [5.41, 5.74) is 0.867. The Balaban J connectivity index is 1.52. The highest BCUT2D eigenvalue weighted by Gasteiger charge is 2.48. The third-order valence-electron chi connectivity index (χ3n) is 5.12. The molecular weight excluding hydrogens is 349 g/mol. The van der Waals surface area contributed by atoms with Crippen molar-refractivity contribution < 1.29 is 22.7 Å². The molecule has 1 heterocycles. The van der Waals surface area contributed by atoms with Gasteiger partial charge >= 0.3 is 12.2 Å². The molecule has 0 bridgehead atoms. The zero-order valence-electron chi connectivity index (χ0n) is 14.8. The van der Waals surface area contributed by atoms with Crippen LogP contribution in [0.25, 0.3) is 0 Å². The standard InChI is InChI=1S/C17H23F3N4O2/c1-10(21-15(25)24-12-7-16(8-12)4-3-5-16)13-6-14(23-11(2)22-13)26-9-17(18,19)20/h6,10,12H,3-5,7-9H2,1-2H3,(H2,21,24,25)/t10-/m0/s1. The van der Waals surface area contributed by atoms with E-state index in [9.17, 15) is 18.0 Å². The molecule has 6 nitrogen and oxygen atoms in total. The second-order valence-corrected chi connectivity index (χ2v) is 7.38. The molecule has 1 aromatic rings. The van der Waals surface area contributed by atoms with Crippen LogP contribution < -0.4 is 15.4 Å². The number of nitrogens with one attached hydrogen (secondary N) is 2. The molecule has 0 aliphatic heterocycles. The predicted molar refractivity (Wildman–Crippen MR) is 87.7 cm³/mol. The summed E-state index contributed by atoms with van der Waals surface area (Å²) in [6.45, 7) is 1.85. The minimum Gasteiger partial charge on any atom is -0.468 e. The zero-order valence-corrected chi connectivity index (χ0v) is 14.8. The minimum absolute atomic E-state index is 0.162. The molecule has 2 fully saturated rings. The molecule has 1 aromatic heterocycles. The van der Waals surface area contributed by atoms with E-state index in [4.69, 9.17) is 0 Å². The lowest BCUT2D eigenvalue weighted by molar-refractivity contribution is -0.154. The fourth-order valence-corrected chi connectivity index (χ4v) is 3.68. The van der Waals surface area contributed by atoms with E-state index in [0.717, 1.165) is 12.8 Å². The van der Waals surface area contributed by atoms with E-state index < -0.39 is 18.8 Å². The van der Waals surface area contributed by atoms with Crippen molar-refractivity contribution >= 4 is 6.03 Å². The Kier molecular flexibility index (Phi) is 4.98. The SMILES string of the molecule is Cc1nc(OCC(F)(F)F)cc([C@H](C)NC(=O)NC2CC3(CCC3)C2)n1. The van der Waals surface area contributed by atoms with Gasteiger partial charge in [-0.15, -0.1) is 0 Å². The first-order valence-electron chi connectivity index (χ1n) is 8.76. The van der Waals surface area contributed by atoms with Gasteiger partial charge in [-0.05, 0) is 44.9 Å². The first-order chi connectivity index (χ1) is 12.1. The van der Waals surface area contributed by atoms with Gasteiger partial charge in [-0.3, -0.25) is 0 Å². The quantitative estimate of drug-likeness (QED) is 0.830.